The molecule has 0 radical (unpaired) electrons. The van der Waals surface area contributed by atoms with Crippen molar-refractivity contribution in [2.75, 3.05) is 4.90 Å². The molecule has 19 heavy (non-hydrogen) atoms. The van der Waals surface area contributed by atoms with Gasteiger partial charge in [-0.2, -0.15) is 0 Å². The first-order chi connectivity index (χ1) is 9.16. The van der Waals surface area contributed by atoms with Gasteiger partial charge in [0.05, 0.1) is 5.69 Å². The summed E-state index contributed by atoms with van der Waals surface area (Å²) in [4.78, 5) is 7.15. The van der Waals surface area contributed by atoms with Gasteiger partial charge in [0.1, 0.15) is 10.8 Å². The van der Waals surface area contributed by atoms with Crippen LogP contribution in [0.25, 0.3) is 0 Å². The van der Waals surface area contributed by atoms with E-state index in [0.29, 0.717) is 16.7 Å². The monoisotopic (exact) mass is 269 g/mol. The van der Waals surface area contributed by atoms with Crippen LogP contribution < -0.4 is 10.6 Å². The molecule has 1 aromatic heterocycles. The molecule has 0 amide bonds. The molecule has 3 rings (SSSR count). The van der Waals surface area contributed by atoms with E-state index < -0.39 is 0 Å². The number of hydrogen-bond acceptors (Lipinski definition) is 3. The molecule has 2 N–H and O–H groups in total. The molecule has 96 valence electrons. The van der Waals surface area contributed by atoms with E-state index in [9.17, 15) is 0 Å². The number of rotatable bonds is 2. The molecule has 0 saturated carbocycles. The topological polar surface area (TPSA) is 42.1 Å². The molecule has 0 bridgehead atoms. The lowest BCUT2D eigenvalue weighted by molar-refractivity contribution is 0.750. The first-order valence-corrected chi connectivity index (χ1v) is 6.71. The highest BCUT2D eigenvalue weighted by Crippen LogP contribution is 2.36. The number of aromatic nitrogens is 1. The molecule has 1 aliphatic heterocycles. The Kier molecular flexibility index (Phi) is 2.95. The predicted octanol–water partition coefficient (Wildman–Crippen LogP) is 2.80. The number of anilines is 2. The zero-order valence-corrected chi connectivity index (χ0v) is 11.5. The highest BCUT2D eigenvalue weighted by atomic mass is 32.1. The fraction of sp³-hybridized carbons (Fsp3) is 0.200. The molecule has 2 aromatic rings. The summed E-state index contributed by atoms with van der Waals surface area (Å²) in [6.07, 6.45) is 1.04. The van der Waals surface area contributed by atoms with Crippen LogP contribution in [0.3, 0.4) is 0 Å². The summed E-state index contributed by atoms with van der Waals surface area (Å²) in [6.45, 7) is 2.20. The van der Waals surface area contributed by atoms with E-state index in [-0.39, 0.29) is 0 Å². The fourth-order valence-corrected chi connectivity index (χ4v) is 2.72. The van der Waals surface area contributed by atoms with Gasteiger partial charge in [-0.05, 0) is 37.1 Å². The van der Waals surface area contributed by atoms with E-state index in [1.165, 1.54) is 11.3 Å². The van der Waals surface area contributed by atoms with Crippen molar-refractivity contribution in [3.05, 3.63) is 53.7 Å². The molecule has 1 atom stereocenters. The van der Waals surface area contributed by atoms with Crippen LogP contribution in [-0.2, 0) is 6.42 Å². The Balaban J connectivity index is 2.07. The van der Waals surface area contributed by atoms with E-state index in [4.69, 9.17) is 18.0 Å². The average Bonchev–Trinajstić information content (AvgIpc) is 2.74. The number of pyridine rings is 1. The summed E-state index contributed by atoms with van der Waals surface area (Å²) >= 11 is 5.00. The maximum absolute atomic E-state index is 5.66. The van der Waals surface area contributed by atoms with Crippen LogP contribution in [0.15, 0.2) is 42.5 Å². The van der Waals surface area contributed by atoms with Crippen LogP contribution in [0.2, 0.25) is 0 Å². The largest absolute Gasteiger partial charge is 0.388 e. The van der Waals surface area contributed by atoms with Gasteiger partial charge in [0.15, 0.2) is 0 Å². The maximum Gasteiger partial charge on any atom is 0.134 e. The van der Waals surface area contributed by atoms with E-state index in [0.717, 1.165) is 12.2 Å². The maximum atomic E-state index is 5.66. The molecule has 0 saturated heterocycles. The highest BCUT2D eigenvalue weighted by Gasteiger charge is 2.27. The minimum Gasteiger partial charge on any atom is -0.388 e. The van der Waals surface area contributed by atoms with Crippen molar-refractivity contribution in [1.29, 1.82) is 0 Å². The van der Waals surface area contributed by atoms with Crippen LogP contribution >= 0.6 is 12.2 Å². The summed E-state index contributed by atoms with van der Waals surface area (Å²) in [5.74, 6) is 0.905. The second-order valence-corrected chi connectivity index (χ2v) is 5.24. The van der Waals surface area contributed by atoms with Crippen molar-refractivity contribution >= 4 is 28.7 Å². The van der Waals surface area contributed by atoms with Crippen LogP contribution in [0.1, 0.15) is 18.2 Å². The standard InChI is InChI=1S/C15H15N3S/c1-10-9-11-5-2-3-7-13(11)18(10)14-8-4-6-12(17-14)15(16)19/h2-8,10H,9H2,1H3,(H2,16,19). The van der Waals surface area contributed by atoms with Gasteiger partial charge in [-0.3, -0.25) is 0 Å². The summed E-state index contributed by atoms with van der Waals surface area (Å²) in [6, 6.07) is 14.6. The molecule has 0 aliphatic carbocycles. The molecule has 1 aromatic carbocycles. The van der Waals surface area contributed by atoms with Gasteiger partial charge in [0.25, 0.3) is 0 Å². The third-order valence-corrected chi connectivity index (χ3v) is 3.65. The number of benzene rings is 1. The average molecular weight is 269 g/mol. The van der Waals surface area contributed by atoms with Gasteiger partial charge in [0, 0.05) is 11.7 Å². The normalized spacial score (nSPS) is 17.3. The van der Waals surface area contributed by atoms with Gasteiger partial charge >= 0.3 is 0 Å². The smallest absolute Gasteiger partial charge is 0.134 e. The SMILES string of the molecule is CC1Cc2ccccc2N1c1cccc(C(N)=S)n1. The van der Waals surface area contributed by atoms with E-state index in [1.54, 1.807) is 0 Å². The first kappa shape index (κ1) is 12.1. The Morgan fingerprint density at radius 2 is 2.05 bits per heavy atom. The number of hydrogen-bond donors (Lipinski definition) is 1. The molecular weight excluding hydrogens is 254 g/mol. The fourth-order valence-electron chi connectivity index (χ4n) is 2.61. The summed E-state index contributed by atoms with van der Waals surface area (Å²) in [5, 5.41) is 0. The quantitative estimate of drug-likeness (QED) is 0.851. The second-order valence-electron chi connectivity index (χ2n) is 4.80. The number of para-hydroxylation sites is 1. The lowest BCUT2D eigenvalue weighted by Crippen LogP contribution is -2.25. The molecule has 1 unspecified atom stereocenters. The van der Waals surface area contributed by atoms with E-state index in [1.807, 2.05) is 18.2 Å². The molecule has 0 fully saturated rings. The van der Waals surface area contributed by atoms with Crippen LogP contribution in [0.5, 0.6) is 0 Å². The molecule has 3 nitrogen and oxygen atoms in total. The van der Waals surface area contributed by atoms with Gasteiger partial charge in [0.2, 0.25) is 0 Å². The van der Waals surface area contributed by atoms with E-state index in [2.05, 4.69) is 41.1 Å². The van der Waals surface area contributed by atoms with Gasteiger partial charge < -0.3 is 10.6 Å². The molecule has 1 aliphatic rings. The lowest BCUT2D eigenvalue weighted by Gasteiger charge is -2.24. The summed E-state index contributed by atoms with van der Waals surface area (Å²) < 4.78 is 0. The Morgan fingerprint density at radius 1 is 1.26 bits per heavy atom. The van der Waals surface area contributed by atoms with Gasteiger partial charge in [-0.1, -0.05) is 36.5 Å². The lowest BCUT2D eigenvalue weighted by atomic mass is 10.1. The Bertz CT molecular complexity index is 639. The van der Waals surface area contributed by atoms with Crippen molar-refractivity contribution in [2.24, 2.45) is 5.73 Å². The predicted molar refractivity (Wildman–Crippen MR) is 81.9 cm³/mol. The highest BCUT2D eigenvalue weighted by molar-refractivity contribution is 7.80. The second kappa shape index (κ2) is 4.63. The Morgan fingerprint density at radius 3 is 2.84 bits per heavy atom. The van der Waals surface area contributed by atoms with Crippen LogP contribution in [0.4, 0.5) is 11.5 Å². The van der Waals surface area contributed by atoms with Crippen molar-refractivity contribution in [3.63, 3.8) is 0 Å². The minimum absolute atomic E-state index is 0.335. The Labute approximate surface area is 118 Å². The number of fused-ring (bicyclic) bond motifs is 1. The van der Waals surface area contributed by atoms with Gasteiger partial charge in [-0.25, -0.2) is 4.98 Å². The number of thiocarbonyl (C=S) groups is 1. The third-order valence-electron chi connectivity index (χ3n) is 3.44. The van der Waals surface area contributed by atoms with Crippen molar-refractivity contribution < 1.29 is 0 Å². The van der Waals surface area contributed by atoms with Crippen LogP contribution in [-0.4, -0.2) is 16.0 Å². The zero-order valence-electron chi connectivity index (χ0n) is 10.7. The Hall–Kier alpha value is -1.94. The van der Waals surface area contributed by atoms with Crippen LogP contribution in [0, 0.1) is 0 Å². The van der Waals surface area contributed by atoms with Gasteiger partial charge in [-0.15, -0.1) is 0 Å². The van der Waals surface area contributed by atoms with Crippen molar-refractivity contribution in [2.45, 2.75) is 19.4 Å². The zero-order chi connectivity index (χ0) is 13.4. The summed E-state index contributed by atoms with van der Waals surface area (Å²) in [7, 11) is 0. The molecule has 2 heterocycles. The molecule has 4 heteroatoms. The summed E-state index contributed by atoms with van der Waals surface area (Å²) in [5.41, 5.74) is 8.91. The minimum atomic E-state index is 0.335. The van der Waals surface area contributed by atoms with Crippen molar-refractivity contribution in [3.8, 4) is 0 Å². The van der Waals surface area contributed by atoms with E-state index >= 15 is 0 Å². The first-order valence-electron chi connectivity index (χ1n) is 6.31. The molecular formula is C15H15N3S. The molecule has 0 spiro atoms. The van der Waals surface area contributed by atoms with Crippen molar-refractivity contribution in [1.82, 2.24) is 4.98 Å². The number of nitrogens with zero attached hydrogens (tertiary/aromatic N) is 2. The third kappa shape index (κ3) is 2.08. The number of nitrogens with two attached hydrogens (primary N) is 1.